The molecule has 0 bridgehead atoms. The highest BCUT2D eigenvalue weighted by Gasteiger charge is 2.22. The molecule has 0 unspecified atom stereocenters. The Balaban J connectivity index is 1.98. The number of amides is 2. The average molecular weight is 292 g/mol. The third-order valence-corrected chi connectivity index (χ3v) is 4.24. The normalized spacial score (nSPS) is 14.4. The zero-order valence-corrected chi connectivity index (χ0v) is 12.5. The average Bonchev–Trinajstić information content (AvgIpc) is 2.61. The highest BCUT2D eigenvalue weighted by atomic mass is 32.2. The Kier molecular flexibility index (Phi) is 5.47. The van der Waals surface area contributed by atoms with E-state index >= 15 is 0 Å². The zero-order valence-electron chi connectivity index (χ0n) is 11.7. The fourth-order valence-corrected chi connectivity index (χ4v) is 3.07. The van der Waals surface area contributed by atoms with E-state index in [4.69, 9.17) is 0 Å². The number of nitrogens with zero attached hydrogens (tertiary/aromatic N) is 1. The largest absolute Gasteiger partial charge is 0.328 e. The Labute approximate surface area is 123 Å². The van der Waals surface area contributed by atoms with E-state index in [-0.39, 0.29) is 18.4 Å². The molecule has 0 aliphatic carbocycles. The van der Waals surface area contributed by atoms with Crippen LogP contribution in [0.15, 0.2) is 24.3 Å². The van der Waals surface area contributed by atoms with Crippen LogP contribution in [0.1, 0.15) is 25.3 Å². The molecule has 0 radical (unpaired) electrons. The lowest BCUT2D eigenvalue weighted by Crippen LogP contribution is -2.36. The number of anilines is 1. The molecule has 1 aliphatic heterocycles. The van der Waals surface area contributed by atoms with Crippen molar-refractivity contribution in [2.24, 2.45) is 0 Å². The quantitative estimate of drug-likeness (QED) is 0.848. The van der Waals surface area contributed by atoms with E-state index in [9.17, 15) is 9.59 Å². The van der Waals surface area contributed by atoms with Gasteiger partial charge in [0.25, 0.3) is 0 Å². The van der Waals surface area contributed by atoms with Crippen molar-refractivity contribution in [3.05, 3.63) is 29.8 Å². The zero-order chi connectivity index (χ0) is 14.4. The maximum absolute atomic E-state index is 12.2. The fraction of sp³-hybridized carbons (Fsp3) is 0.467. The first-order valence-electron chi connectivity index (χ1n) is 6.94. The number of hydrogen-bond donors (Lipinski definition) is 1. The third-order valence-electron chi connectivity index (χ3n) is 3.21. The number of hydrogen-bond acceptors (Lipinski definition) is 3. The number of nitrogens with one attached hydrogen (secondary N) is 1. The van der Waals surface area contributed by atoms with Crippen molar-refractivity contribution >= 4 is 29.3 Å². The molecular weight excluding hydrogens is 272 g/mol. The molecule has 5 heteroatoms. The van der Waals surface area contributed by atoms with Gasteiger partial charge in [-0.15, -0.1) is 0 Å². The Bertz CT molecular complexity index is 491. The number of unbranched alkanes of at least 4 members (excludes halogenated alkanes) is 1. The summed E-state index contributed by atoms with van der Waals surface area (Å²) in [6.45, 7) is 2.78. The first-order valence-corrected chi connectivity index (χ1v) is 8.09. The van der Waals surface area contributed by atoms with Crippen LogP contribution in [0, 0.1) is 0 Å². The van der Waals surface area contributed by atoms with Gasteiger partial charge in [-0.1, -0.05) is 31.5 Å². The third kappa shape index (κ3) is 4.00. The summed E-state index contributed by atoms with van der Waals surface area (Å²) in [6.07, 6.45) is 2.27. The molecule has 1 aliphatic rings. The van der Waals surface area contributed by atoms with E-state index in [0.29, 0.717) is 12.3 Å². The Hall–Kier alpha value is -1.49. The number of thioether (sulfide) groups is 1. The SMILES string of the molecule is CCCCSCC(=O)N1CC(=O)Nc2ccccc2C1. The van der Waals surface area contributed by atoms with Crippen LogP contribution in [0.25, 0.3) is 0 Å². The van der Waals surface area contributed by atoms with Gasteiger partial charge >= 0.3 is 0 Å². The number of rotatable bonds is 5. The molecular formula is C15H20N2O2S. The smallest absolute Gasteiger partial charge is 0.244 e. The second kappa shape index (κ2) is 7.33. The van der Waals surface area contributed by atoms with E-state index in [2.05, 4.69) is 12.2 Å². The lowest BCUT2D eigenvalue weighted by Gasteiger charge is -2.19. The predicted molar refractivity (Wildman–Crippen MR) is 82.7 cm³/mol. The van der Waals surface area contributed by atoms with Crippen molar-refractivity contribution in [1.82, 2.24) is 4.90 Å². The summed E-state index contributed by atoms with van der Waals surface area (Å²) in [6, 6.07) is 7.63. The van der Waals surface area contributed by atoms with Gasteiger partial charge in [-0.3, -0.25) is 9.59 Å². The standard InChI is InChI=1S/C15H20N2O2S/c1-2-3-8-20-11-15(19)17-9-12-6-4-5-7-13(12)16-14(18)10-17/h4-7H,2-3,8-11H2,1H3,(H,16,18). The molecule has 20 heavy (non-hydrogen) atoms. The molecule has 1 aromatic rings. The summed E-state index contributed by atoms with van der Waals surface area (Å²) >= 11 is 1.65. The molecule has 108 valence electrons. The molecule has 1 heterocycles. The second-order valence-electron chi connectivity index (χ2n) is 4.86. The van der Waals surface area contributed by atoms with Crippen LogP contribution in [-0.2, 0) is 16.1 Å². The van der Waals surface area contributed by atoms with E-state index in [0.717, 1.165) is 29.8 Å². The second-order valence-corrected chi connectivity index (χ2v) is 5.97. The minimum atomic E-state index is -0.123. The maximum Gasteiger partial charge on any atom is 0.244 e. The molecule has 1 aromatic carbocycles. The molecule has 0 atom stereocenters. The summed E-state index contributed by atoms with van der Waals surface area (Å²) in [4.78, 5) is 25.7. The van der Waals surface area contributed by atoms with Crippen molar-refractivity contribution in [3.63, 3.8) is 0 Å². The van der Waals surface area contributed by atoms with Crippen LogP contribution in [0.2, 0.25) is 0 Å². The number of carbonyl (C=O) groups is 2. The molecule has 0 aromatic heterocycles. The van der Waals surface area contributed by atoms with Gasteiger partial charge in [0.05, 0.1) is 5.75 Å². The maximum atomic E-state index is 12.2. The molecule has 0 fully saturated rings. The Morgan fingerprint density at radius 2 is 2.15 bits per heavy atom. The van der Waals surface area contributed by atoms with Crippen LogP contribution in [0.5, 0.6) is 0 Å². The van der Waals surface area contributed by atoms with Gasteiger partial charge in [-0.2, -0.15) is 11.8 Å². The highest BCUT2D eigenvalue weighted by Crippen LogP contribution is 2.20. The van der Waals surface area contributed by atoms with Crippen LogP contribution in [0.4, 0.5) is 5.69 Å². The first kappa shape index (κ1) is 14.9. The Morgan fingerprint density at radius 1 is 1.35 bits per heavy atom. The number of benzene rings is 1. The molecule has 0 saturated heterocycles. The van der Waals surface area contributed by atoms with Crippen LogP contribution in [0.3, 0.4) is 0 Å². The topological polar surface area (TPSA) is 49.4 Å². The van der Waals surface area contributed by atoms with E-state index in [1.807, 2.05) is 24.3 Å². The predicted octanol–water partition coefficient (Wildman–Crippen LogP) is 2.50. The minimum absolute atomic E-state index is 0.0398. The van der Waals surface area contributed by atoms with Gasteiger partial charge in [0.1, 0.15) is 6.54 Å². The lowest BCUT2D eigenvalue weighted by atomic mass is 10.2. The van der Waals surface area contributed by atoms with Gasteiger partial charge in [0.15, 0.2) is 0 Å². The summed E-state index contributed by atoms with van der Waals surface area (Å²) in [7, 11) is 0. The minimum Gasteiger partial charge on any atom is -0.328 e. The van der Waals surface area contributed by atoms with Crippen molar-refractivity contribution in [1.29, 1.82) is 0 Å². The first-order chi connectivity index (χ1) is 9.70. The lowest BCUT2D eigenvalue weighted by molar-refractivity contribution is -0.132. The van der Waals surface area contributed by atoms with Crippen LogP contribution in [-0.4, -0.2) is 34.8 Å². The Morgan fingerprint density at radius 3 is 2.95 bits per heavy atom. The molecule has 0 spiro atoms. The number of carbonyl (C=O) groups excluding carboxylic acids is 2. The van der Waals surface area contributed by atoms with Crippen LogP contribution < -0.4 is 5.32 Å². The van der Waals surface area contributed by atoms with Gasteiger partial charge in [0.2, 0.25) is 11.8 Å². The van der Waals surface area contributed by atoms with E-state index in [1.54, 1.807) is 16.7 Å². The van der Waals surface area contributed by atoms with Gasteiger partial charge < -0.3 is 10.2 Å². The molecule has 1 N–H and O–H groups in total. The van der Waals surface area contributed by atoms with E-state index < -0.39 is 0 Å². The summed E-state index contributed by atoms with van der Waals surface area (Å²) in [5.74, 6) is 1.37. The monoisotopic (exact) mass is 292 g/mol. The molecule has 2 rings (SSSR count). The van der Waals surface area contributed by atoms with E-state index in [1.165, 1.54) is 0 Å². The van der Waals surface area contributed by atoms with Gasteiger partial charge in [-0.25, -0.2) is 0 Å². The molecule has 4 nitrogen and oxygen atoms in total. The summed E-state index contributed by atoms with van der Waals surface area (Å²) in [5, 5.41) is 2.84. The van der Waals surface area contributed by atoms with Crippen molar-refractivity contribution in [2.75, 3.05) is 23.4 Å². The summed E-state index contributed by atoms with van der Waals surface area (Å²) < 4.78 is 0. The highest BCUT2D eigenvalue weighted by molar-refractivity contribution is 7.99. The number of fused-ring (bicyclic) bond motifs is 1. The molecule has 0 saturated carbocycles. The van der Waals surface area contributed by atoms with Gasteiger partial charge in [-0.05, 0) is 23.8 Å². The van der Waals surface area contributed by atoms with Gasteiger partial charge in [0, 0.05) is 12.2 Å². The number of para-hydroxylation sites is 1. The van der Waals surface area contributed by atoms with Crippen molar-refractivity contribution in [2.45, 2.75) is 26.3 Å². The van der Waals surface area contributed by atoms with Crippen LogP contribution >= 0.6 is 11.8 Å². The molecule has 2 amide bonds. The fourth-order valence-electron chi connectivity index (χ4n) is 2.08. The summed E-state index contributed by atoms with van der Waals surface area (Å²) in [5.41, 5.74) is 1.80. The van der Waals surface area contributed by atoms with Crippen molar-refractivity contribution in [3.8, 4) is 0 Å². The van der Waals surface area contributed by atoms with Crippen molar-refractivity contribution < 1.29 is 9.59 Å².